The van der Waals surface area contributed by atoms with E-state index in [1.807, 2.05) is 24.3 Å². The van der Waals surface area contributed by atoms with Gasteiger partial charge in [-0.1, -0.05) is 23.9 Å². The minimum absolute atomic E-state index is 0.307. The average molecular weight is 292 g/mol. The molecule has 3 rings (SSSR count). The molecule has 6 heteroatoms. The summed E-state index contributed by atoms with van der Waals surface area (Å²) in [5.41, 5.74) is 0.812. The average Bonchev–Trinajstić information content (AvgIpc) is 3.16. The summed E-state index contributed by atoms with van der Waals surface area (Å²) in [6.07, 6.45) is 2.56. The van der Waals surface area contributed by atoms with E-state index < -0.39 is 0 Å². The number of ether oxygens (including phenoxy) is 2. The standard InChI is InChI=1S/C14H16N2O3S/c1-17-12-7-3-2-6-11(12)13-15-16-14(19-13)20-9-10-5-4-8-18-10/h2-3,6-7,10H,4-5,8-9H2,1H3. The Hall–Kier alpha value is -1.53. The van der Waals surface area contributed by atoms with E-state index in [2.05, 4.69) is 10.2 Å². The van der Waals surface area contributed by atoms with Crippen LogP contribution in [0.4, 0.5) is 0 Å². The topological polar surface area (TPSA) is 57.4 Å². The Kier molecular flexibility index (Phi) is 4.22. The molecule has 0 N–H and O–H groups in total. The van der Waals surface area contributed by atoms with E-state index in [4.69, 9.17) is 13.9 Å². The van der Waals surface area contributed by atoms with E-state index in [1.165, 1.54) is 0 Å². The molecular formula is C14H16N2O3S. The molecule has 0 amide bonds. The second-order valence-corrected chi connectivity index (χ2v) is 5.49. The smallest absolute Gasteiger partial charge is 0.276 e. The van der Waals surface area contributed by atoms with Crippen molar-refractivity contribution < 1.29 is 13.9 Å². The van der Waals surface area contributed by atoms with Crippen LogP contribution in [0.15, 0.2) is 33.9 Å². The highest BCUT2D eigenvalue weighted by molar-refractivity contribution is 7.99. The number of nitrogens with zero attached hydrogens (tertiary/aromatic N) is 2. The number of benzene rings is 1. The molecule has 5 nitrogen and oxygen atoms in total. The number of thioether (sulfide) groups is 1. The van der Waals surface area contributed by atoms with E-state index in [0.29, 0.717) is 17.2 Å². The quantitative estimate of drug-likeness (QED) is 0.790. The molecule has 1 aromatic heterocycles. The van der Waals surface area contributed by atoms with Gasteiger partial charge in [0, 0.05) is 12.4 Å². The Labute approximate surface area is 121 Å². The van der Waals surface area contributed by atoms with Crippen LogP contribution in [0.25, 0.3) is 11.5 Å². The van der Waals surface area contributed by atoms with Crippen molar-refractivity contribution in [2.75, 3.05) is 19.5 Å². The van der Waals surface area contributed by atoms with Gasteiger partial charge in [-0.15, -0.1) is 10.2 Å². The Morgan fingerprint density at radius 3 is 3.05 bits per heavy atom. The van der Waals surface area contributed by atoms with Gasteiger partial charge in [-0.25, -0.2) is 0 Å². The van der Waals surface area contributed by atoms with Crippen molar-refractivity contribution in [2.24, 2.45) is 0 Å². The third-order valence-corrected chi connectivity index (χ3v) is 4.11. The molecule has 1 saturated heterocycles. The molecule has 1 aliphatic rings. The lowest BCUT2D eigenvalue weighted by Crippen LogP contribution is -2.07. The summed E-state index contributed by atoms with van der Waals surface area (Å²) in [4.78, 5) is 0. The van der Waals surface area contributed by atoms with Gasteiger partial charge in [0.1, 0.15) is 5.75 Å². The van der Waals surface area contributed by atoms with Gasteiger partial charge in [0.15, 0.2) is 0 Å². The molecule has 0 radical (unpaired) electrons. The maximum absolute atomic E-state index is 5.68. The first-order valence-corrected chi connectivity index (χ1v) is 7.56. The fourth-order valence-corrected chi connectivity index (χ4v) is 2.97. The zero-order valence-electron chi connectivity index (χ0n) is 11.2. The monoisotopic (exact) mass is 292 g/mol. The number of hydrogen-bond acceptors (Lipinski definition) is 6. The number of aromatic nitrogens is 2. The molecule has 0 aliphatic carbocycles. The van der Waals surface area contributed by atoms with E-state index in [9.17, 15) is 0 Å². The molecule has 1 aromatic carbocycles. The highest BCUT2D eigenvalue weighted by atomic mass is 32.2. The first-order chi connectivity index (χ1) is 9.86. The summed E-state index contributed by atoms with van der Waals surface area (Å²) < 4.78 is 16.5. The molecule has 20 heavy (non-hydrogen) atoms. The van der Waals surface area contributed by atoms with Gasteiger partial charge in [0.25, 0.3) is 11.1 Å². The van der Waals surface area contributed by atoms with Crippen LogP contribution >= 0.6 is 11.8 Å². The predicted octanol–water partition coefficient (Wildman–Crippen LogP) is 3.02. The zero-order valence-corrected chi connectivity index (χ0v) is 12.1. The van der Waals surface area contributed by atoms with Crippen molar-refractivity contribution in [3.05, 3.63) is 24.3 Å². The highest BCUT2D eigenvalue weighted by Crippen LogP contribution is 2.31. The molecule has 1 atom stereocenters. The Bertz CT molecular complexity index is 567. The maximum Gasteiger partial charge on any atom is 0.276 e. The first kappa shape index (κ1) is 13.5. The Morgan fingerprint density at radius 1 is 1.35 bits per heavy atom. The zero-order chi connectivity index (χ0) is 13.8. The van der Waals surface area contributed by atoms with Crippen molar-refractivity contribution in [1.82, 2.24) is 10.2 Å². The van der Waals surface area contributed by atoms with Crippen molar-refractivity contribution in [2.45, 2.75) is 24.2 Å². The summed E-state index contributed by atoms with van der Waals surface area (Å²) in [6, 6.07) is 7.60. The molecule has 0 spiro atoms. The van der Waals surface area contributed by atoms with Crippen LogP contribution in [0.3, 0.4) is 0 Å². The van der Waals surface area contributed by atoms with Crippen molar-refractivity contribution in [3.8, 4) is 17.2 Å². The van der Waals surface area contributed by atoms with E-state index in [0.717, 1.165) is 36.5 Å². The summed E-state index contributed by atoms with van der Waals surface area (Å²) in [6.45, 7) is 0.863. The van der Waals surface area contributed by atoms with Gasteiger partial charge in [-0.05, 0) is 25.0 Å². The predicted molar refractivity (Wildman–Crippen MR) is 76.0 cm³/mol. The summed E-state index contributed by atoms with van der Waals surface area (Å²) in [5.74, 6) is 2.07. The maximum atomic E-state index is 5.68. The van der Waals surface area contributed by atoms with Gasteiger partial charge in [0.05, 0.1) is 18.8 Å². The van der Waals surface area contributed by atoms with Crippen LogP contribution < -0.4 is 4.74 Å². The van der Waals surface area contributed by atoms with E-state index in [1.54, 1.807) is 18.9 Å². The minimum Gasteiger partial charge on any atom is -0.496 e. The van der Waals surface area contributed by atoms with Gasteiger partial charge in [0.2, 0.25) is 0 Å². The SMILES string of the molecule is COc1ccccc1-c1nnc(SCC2CCCO2)o1. The van der Waals surface area contributed by atoms with Crippen LogP contribution in [0.2, 0.25) is 0 Å². The van der Waals surface area contributed by atoms with Crippen LogP contribution in [0.5, 0.6) is 5.75 Å². The molecule has 0 bridgehead atoms. The highest BCUT2D eigenvalue weighted by Gasteiger charge is 2.18. The summed E-state index contributed by atoms with van der Waals surface area (Å²) >= 11 is 1.54. The number of rotatable bonds is 5. The molecule has 2 heterocycles. The molecule has 2 aromatic rings. The second-order valence-electron chi connectivity index (χ2n) is 4.52. The number of hydrogen-bond donors (Lipinski definition) is 0. The fourth-order valence-electron chi connectivity index (χ4n) is 2.14. The molecule has 1 fully saturated rings. The van der Waals surface area contributed by atoms with Gasteiger partial charge in [-0.3, -0.25) is 0 Å². The van der Waals surface area contributed by atoms with Gasteiger partial charge < -0.3 is 13.9 Å². The fraction of sp³-hybridized carbons (Fsp3) is 0.429. The Balaban J connectivity index is 1.69. The molecule has 106 valence electrons. The van der Waals surface area contributed by atoms with Crippen LogP contribution in [-0.2, 0) is 4.74 Å². The summed E-state index contributed by atoms with van der Waals surface area (Å²) in [5, 5.41) is 8.72. The van der Waals surface area contributed by atoms with Crippen LogP contribution in [0.1, 0.15) is 12.8 Å². The van der Waals surface area contributed by atoms with E-state index in [-0.39, 0.29) is 0 Å². The minimum atomic E-state index is 0.307. The number of para-hydroxylation sites is 1. The number of methoxy groups -OCH3 is 1. The van der Waals surface area contributed by atoms with Crippen molar-refractivity contribution in [3.63, 3.8) is 0 Å². The molecular weight excluding hydrogens is 276 g/mol. The van der Waals surface area contributed by atoms with Crippen LogP contribution in [0, 0.1) is 0 Å². The van der Waals surface area contributed by atoms with Gasteiger partial charge in [-0.2, -0.15) is 0 Å². The van der Waals surface area contributed by atoms with Crippen molar-refractivity contribution in [1.29, 1.82) is 0 Å². The first-order valence-electron chi connectivity index (χ1n) is 6.58. The summed E-state index contributed by atoms with van der Waals surface area (Å²) in [7, 11) is 1.63. The second kappa shape index (κ2) is 6.28. The lowest BCUT2D eigenvalue weighted by Gasteiger charge is -2.05. The third-order valence-electron chi connectivity index (χ3n) is 3.16. The molecule has 0 saturated carbocycles. The molecule has 1 aliphatic heterocycles. The molecule has 1 unspecified atom stereocenters. The lowest BCUT2D eigenvalue weighted by molar-refractivity contribution is 0.128. The van der Waals surface area contributed by atoms with Crippen LogP contribution in [-0.4, -0.2) is 35.8 Å². The normalized spacial score (nSPS) is 18.4. The largest absolute Gasteiger partial charge is 0.496 e. The van der Waals surface area contributed by atoms with E-state index >= 15 is 0 Å². The Morgan fingerprint density at radius 2 is 2.25 bits per heavy atom. The third kappa shape index (κ3) is 2.96. The lowest BCUT2D eigenvalue weighted by atomic mass is 10.2. The van der Waals surface area contributed by atoms with Gasteiger partial charge >= 0.3 is 0 Å². The van der Waals surface area contributed by atoms with Crippen molar-refractivity contribution >= 4 is 11.8 Å².